The molecule has 0 aliphatic carbocycles. The number of anilines is 2. The van der Waals surface area contributed by atoms with E-state index >= 15 is 0 Å². The summed E-state index contributed by atoms with van der Waals surface area (Å²) in [6, 6.07) is 19.0. The first-order valence-electron chi connectivity index (χ1n) is 11.9. The van der Waals surface area contributed by atoms with Crippen LogP contribution in [0.3, 0.4) is 0 Å². The van der Waals surface area contributed by atoms with Gasteiger partial charge in [-0.1, -0.05) is 18.2 Å². The summed E-state index contributed by atoms with van der Waals surface area (Å²) in [5, 5.41) is 16.1. The van der Waals surface area contributed by atoms with E-state index in [-0.39, 0.29) is 6.03 Å². The average molecular weight is 447 g/mol. The van der Waals surface area contributed by atoms with Gasteiger partial charge in [-0.3, -0.25) is 9.80 Å². The molecule has 2 saturated heterocycles. The number of likely N-dealkylation sites (tertiary alicyclic amines) is 1. The van der Waals surface area contributed by atoms with E-state index in [4.69, 9.17) is 5.26 Å². The van der Waals surface area contributed by atoms with Crippen LogP contribution in [0.25, 0.3) is 0 Å². The third-order valence-electron chi connectivity index (χ3n) is 6.60. The molecule has 0 spiro atoms. The minimum Gasteiger partial charge on any atom is -0.382 e. The fraction of sp³-hybridized carbons (Fsp3) is 0.462. The Kier molecular flexibility index (Phi) is 7.48. The molecule has 2 fully saturated rings. The van der Waals surface area contributed by atoms with E-state index in [0.29, 0.717) is 17.6 Å². The summed E-state index contributed by atoms with van der Waals surface area (Å²) in [5.41, 5.74) is 3.82. The van der Waals surface area contributed by atoms with Gasteiger partial charge in [-0.25, -0.2) is 4.79 Å². The number of nitrogens with one attached hydrogen (secondary N) is 2. The van der Waals surface area contributed by atoms with Crippen molar-refractivity contribution in [2.45, 2.75) is 38.4 Å². The number of hydrogen-bond acceptors (Lipinski definition) is 5. The Labute approximate surface area is 197 Å². The molecule has 0 radical (unpaired) electrons. The second kappa shape index (κ2) is 10.7. The smallest absolute Gasteiger partial charge is 0.324 e. The zero-order chi connectivity index (χ0) is 23.2. The number of carbonyl (C=O) groups is 1. The van der Waals surface area contributed by atoms with Crippen LogP contribution in [0, 0.1) is 11.3 Å². The lowest BCUT2D eigenvalue weighted by molar-refractivity contribution is 0.191. The normalized spacial score (nSPS) is 19.7. The van der Waals surface area contributed by atoms with Gasteiger partial charge in [0, 0.05) is 69.8 Å². The van der Waals surface area contributed by atoms with Crippen molar-refractivity contribution in [1.29, 1.82) is 5.26 Å². The minimum absolute atomic E-state index is 0.0450. The summed E-state index contributed by atoms with van der Waals surface area (Å²) in [6.07, 6.45) is 1.77. The van der Waals surface area contributed by atoms with Crippen molar-refractivity contribution in [1.82, 2.24) is 15.1 Å². The van der Waals surface area contributed by atoms with Crippen LogP contribution in [-0.4, -0.2) is 67.7 Å². The number of piperidine rings is 1. The number of amides is 2. The van der Waals surface area contributed by atoms with Gasteiger partial charge in [-0.05, 0) is 55.7 Å². The summed E-state index contributed by atoms with van der Waals surface area (Å²) in [5.74, 6) is 0. The van der Waals surface area contributed by atoms with E-state index in [1.54, 1.807) is 11.0 Å². The van der Waals surface area contributed by atoms with E-state index in [1.807, 2.05) is 30.1 Å². The van der Waals surface area contributed by atoms with Gasteiger partial charge in [0.15, 0.2) is 0 Å². The first kappa shape index (κ1) is 23.1. The fourth-order valence-corrected chi connectivity index (χ4v) is 4.69. The molecule has 33 heavy (non-hydrogen) atoms. The Balaban J connectivity index is 1.27. The van der Waals surface area contributed by atoms with Crippen LogP contribution >= 0.6 is 0 Å². The van der Waals surface area contributed by atoms with Crippen LogP contribution in [-0.2, 0) is 6.54 Å². The highest BCUT2D eigenvalue weighted by molar-refractivity contribution is 5.91. The number of nitrogens with zero attached hydrogens (tertiary/aromatic N) is 4. The Hall–Kier alpha value is -3.08. The van der Waals surface area contributed by atoms with Gasteiger partial charge >= 0.3 is 6.03 Å². The molecule has 4 rings (SSSR count). The molecule has 2 amide bonds. The van der Waals surface area contributed by atoms with Gasteiger partial charge in [-0.15, -0.1) is 0 Å². The van der Waals surface area contributed by atoms with E-state index in [0.717, 1.165) is 63.5 Å². The molecule has 2 aliphatic heterocycles. The predicted molar refractivity (Wildman–Crippen MR) is 132 cm³/mol. The molecule has 0 unspecified atom stereocenters. The summed E-state index contributed by atoms with van der Waals surface area (Å²) in [4.78, 5) is 19.2. The van der Waals surface area contributed by atoms with Crippen molar-refractivity contribution in [2.75, 3.05) is 50.0 Å². The number of urea groups is 1. The van der Waals surface area contributed by atoms with Crippen LogP contribution in [0.15, 0.2) is 48.5 Å². The molecule has 2 aromatic carbocycles. The van der Waals surface area contributed by atoms with Gasteiger partial charge in [0.2, 0.25) is 0 Å². The monoisotopic (exact) mass is 446 g/mol. The van der Waals surface area contributed by atoms with E-state index in [2.05, 4.69) is 52.8 Å². The molecular weight excluding hydrogens is 412 g/mol. The largest absolute Gasteiger partial charge is 0.382 e. The lowest BCUT2D eigenvalue weighted by atomic mass is 10.0. The topological polar surface area (TPSA) is 74.6 Å². The highest BCUT2D eigenvalue weighted by atomic mass is 16.2. The number of nitriles is 1. The van der Waals surface area contributed by atoms with Crippen LogP contribution in [0.2, 0.25) is 0 Å². The number of hydrogen-bond donors (Lipinski definition) is 2. The molecule has 0 saturated carbocycles. The van der Waals surface area contributed by atoms with Crippen LogP contribution < -0.4 is 15.5 Å². The molecule has 2 aromatic rings. The van der Waals surface area contributed by atoms with Crippen LogP contribution in [0.1, 0.15) is 30.9 Å². The Morgan fingerprint density at radius 3 is 2.64 bits per heavy atom. The van der Waals surface area contributed by atoms with Gasteiger partial charge < -0.3 is 15.5 Å². The molecule has 174 valence electrons. The SMILES string of the molecule is C[C@@H]1CN(Cc2ccc(N(C)C(=O)N3CCC(Nc4cccc(C#N)c4)CC3)cc2)CCN1. The Morgan fingerprint density at radius 2 is 1.94 bits per heavy atom. The first-order valence-corrected chi connectivity index (χ1v) is 11.9. The Morgan fingerprint density at radius 1 is 1.18 bits per heavy atom. The van der Waals surface area contributed by atoms with Crippen molar-refractivity contribution in [3.8, 4) is 6.07 Å². The minimum atomic E-state index is 0.0450. The van der Waals surface area contributed by atoms with Gasteiger partial charge in [-0.2, -0.15) is 5.26 Å². The van der Waals surface area contributed by atoms with Gasteiger partial charge in [0.05, 0.1) is 11.6 Å². The van der Waals surface area contributed by atoms with Gasteiger partial charge in [0.1, 0.15) is 0 Å². The molecule has 2 N–H and O–H groups in total. The van der Waals surface area contributed by atoms with E-state index in [9.17, 15) is 4.79 Å². The van der Waals surface area contributed by atoms with Crippen molar-refractivity contribution in [3.05, 3.63) is 59.7 Å². The second-order valence-corrected chi connectivity index (χ2v) is 9.20. The lowest BCUT2D eigenvalue weighted by Crippen LogP contribution is -2.48. The molecular formula is C26H34N6O. The number of benzene rings is 2. The summed E-state index contributed by atoms with van der Waals surface area (Å²) >= 11 is 0. The lowest BCUT2D eigenvalue weighted by Gasteiger charge is -2.35. The molecule has 1 atom stereocenters. The number of piperazine rings is 1. The predicted octanol–water partition coefficient (Wildman–Crippen LogP) is 3.48. The molecule has 2 heterocycles. The average Bonchev–Trinajstić information content (AvgIpc) is 2.84. The maximum atomic E-state index is 13.1. The third-order valence-corrected chi connectivity index (χ3v) is 6.60. The summed E-state index contributed by atoms with van der Waals surface area (Å²) in [6.45, 7) is 7.78. The maximum absolute atomic E-state index is 13.1. The van der Waals surface area contributed by atoms with Crippen molar-refractivity contribution < 1.29 is 4.79 Å². The quantitative estimate of drug-likeness (QED) is 0.736. The molecule has 0 bridgehead atoms. The second-order valence-electron chi connectivity index (χ2n) is 9.20. The maximum Gasteiger partial charge on any atom is 0.324 e. The summed E-state index contributed by atoms with van der Waals surface area (Å²) in [7, 11) is 1.85. The third kappa shape index (κ3) is 6.04. The summed E-state index contributed by atoms with van der Waals surface area (Å²) < 4.78 is 0. The molecule has 2 aliphatic rings. The van der Waals surface area contributed by atoms with E-state index in [1.165, 1.54) is 5.56 Å². The number of carbonyl (C=O) groups excluding carboxylic acids is 1. The van der Waals surface area contributed by atoms with Gasteiger partial charge in [0.25, 0.3) is 0 Å². The molecule has 7 heteroatoms. The zero-order valence-corrected chi connectivity index (χ0v) is 19.6. The molecule has 7 nitrogen and oxygen atoms in total. The van der Waals surface area contributed by atoms with Crippen molar-refractivity contribution >= 4 is 17.4 Å². The van der Waals surface area contributed by atoms with Crippen molar-refractivity contribution in [2.24, 2.45) is 0 Å². The highest BCUT2D eigenvalue weighted by Crippen LogP contribution is 2.21. The van der Waals surface area contributed by atoms with Crippen molar-refractivity contribution in [3.63, 3.8) is 0 Å². The Bertz CT molecular complexity index is 977. The van der Waals surface area contributed by atoms with E-state index < -0.39 is 0 Å². The standard InChI is InChI=1S/C26H34N6O/c1-20-18-31(15-12-28-20)19-21-6-8-25(9-7-21)30(2)26(33)32-13-10-23(11-14-32)29-24-5-3-4-22(16-24)17-27/h3-9,16,20,23,28-29H,10-15,18-19H2,1-2H3/t20-/m1/s1. The zero-order valence-electron chi connectivity index (χ0n) is 19.6. The first-order chi connectivity index (χ1) is 16.0. The number of rotatable bonds is 5. The molecule has 0 aromatic heterocycles. The fourth-order valence-electron chi connectivity index (χ4n) is 4.69. The van der Waals surface area contributed by atoms with Crippen LogP contribution in [0.4, 0.5) is 16.2 Å². The highest BCUT2D eigenvalue weighted by Gasteiger charge is 2.25. The van der Waals surface area contributed by atoms with Crippen LogP contribution in [0.5, 0.6) is 0 Å².